The highest BCUT2D eigenvalue weighted by atomic mass is 32.2. The van der Waals surface area contributed by atoms with E-state index in [0.29, 0.717) is 33.9 Å². The van der Waals surface area contributed by atoms with Crippen molar-refractivity contribution < 1.29 is 28.5 Å². The Bertz CT molecular complexity index is 1330. The number of carbonyl (C=O) groups excluding carboxylic acids is 2. The van der Waals surface area contributed by atoms with E-state index in [0.717, 1.165) is 11.3 Å². The summed E-state index contributed by atoms with van der Waals surface area (Å²) in [5.41, 5.74) is 2.10. The molecule has 1 N–H and O–H groups in total. The fraction of sp³-hybridized carbons (Fsp3) is 0.250. The first-order valence-corrected chi connectivity index (χ1v) is 12.7. The third kappa shape index (κ3) is 6.20. The number of rotatable bonds is 10. The van der Waals surface area contributed by atoms with Crippen LogP contribution in [0.25, 0.3) is 0 Å². The number of aliphatic imine (C=N–C) groups is 1. The fourth-order valence-electron chi connectivity index (χ4n) is 3.94. The second kappa shape index (κ2) is 12.4. The van der Waals surface area contributed by atoms with Crippen LogP contribution in [0.4, 0.5) is 11.4 Å². The Balaban J connectivity index is 1.54. The first kappa shape index (κ1) is 26.9. The van der Waals surface area contributed by atoms with E-state index in [2.05, 4.69) is 5.32 Å². The molecule has 3 aromatic rings. The molecule has 1 atom stereocenters. The van der Waals surface area contributed by atoms with Crippen LogP contribution in [0.3, 0.4) is 0 Å². The minimum absolute atomic E-state index is 0.0198. The lowest BCUT2D eigenvalue weighted by atomic mass is 10.1. The maximum absolute atomic E-state index is 13.5. The number of hydrogen-bond acceptors (Lipinski definition) is 8. The molecule has 3 aromatic carbocycles. The Morgan fingerprint density at radius 2 is 1.50 bits per heavy atom. The molecule has 1 aliphatic heterocycles. The second-order valence-electron chi connectivity index (χ2n) is 8.27. The van der Waals surface area contributed by atoms with E-state index in [-0.39, 0.29) is 24.8 Å². The minimum Gasteiger partial charge on any atom is -0.493 e. The second-order valence-corrected chi connectivity index (χ2v) is 9.44. The minimum atomic E-state index is -0.627. The van der Waals surface area contributed by atoms with Gasteiger partial charge in [-0.25, -0.2) is 4.99 Å². The van der Waals surface area contributed by atoms with Crippen molar-refractivity contribution in [1.82, 2.24) is 4.90 Å². The maximum atomic E-state index is 13.5. The summed E-state index contributed by atoms with van der Waals surface area (Å²) < 4.78 is 21.3. The number of ether oxygens (including phenoxy) is 4. The van der Waals surface area contributed by atoms with E-state index >= 15 is 0 Å². The van der Waals surface area contributed by atoms with E-state index in [1.54, 1.807) is 50.5 Å². The predicted molar refractivity (Wildman–Crippen MR) is 148 cm³/mol. The monoisotopic (exact) mass is 535 g/mol. The van der Waals surface area contributed by atoms with Gasteiger partial charge in [0.15, 0.2) is 28.2 Å². The van der Waals surface area contributed by atoms with Gasteiger partial charge in [-0.1, -0.05) is 36.0 Å². The molecule has 0 saturated carbocycles. The van der Waals surface area contributed by atoms with Crippen molar-refractivity contribution in [2.45, 2.75) is 18.2 Å². The zero-order valence-electron chi connectivity index (χ0n) is 21.6. The molecule has 10 heteroatoms. The van der Waals surface area contributed by atoms with Gasteiger partial charge in [0.05, 0.1) is 40.7 Å². The number of benzene rings is 3. The van der Waals surface area contributed by atoms with Gasteiger partial charge < -0.3 is 24.3 Å². The molecule has 4 rings (SSSR count). The number of amides is 2. The standard InChI is InChI=1S/C28H29N3O6S/c1-34-21-12-10-18(14-23(21)36-3)17-31-27(33)25(38-28(31)30-19-8-6-5-7-9-19)16-26(32)29-20-11-13-22(35-2)24(15-20)37-4/h5-15,25H,16-17H2,1-4H3,(H,29,32)/t25-/m1/s1. The quantitative estimate of drug-likeness (QED) is 0.395. The van der Waals surface area contributed by atoms with Gasteiger partial charge in [-0.05, 0) is 42.0 Å². The van der Waals surface area contributed by atoms with Crippen LogP contribution in [0, 0.1) is 0 Å². The molecule has 9 nitrogen and oxygen atoms in total. The molecule has 1 saturated heterocycles. The highest BCUT2D eigenvalue weighted by Crippen LogP contribution is 2.35. The highest BCUT2D eigenvalue weighted by molar-refractivity contribution is 8.15. The molecule has 1 heterocycles. The molecule has 198 valence electrons. The molecule has 0 unspecified atom stereocenters. The topological polar surface area (TPSA) is 98.7 Å². The summed E-state index contributed by atoms with van der Waals surface area (Å²) in [4.78, 5) is 32.7. The first-order valence-electron chi connectivity index (χ1n) is 11.8. The molecule has 2 amide bonds. The smallest absolute Gasteiger partial charge is 0.242 e. The molecule has 1 fully saturated rings. The number of para-hydroxylation sites is 1. The Labute approximate surface area is 225 Å². The predicted octanol–water partition coefficient (Wildman–Crippen LogP) is 4.88. The SMILES string of the molecule is COc1ccc(CN2C(=O)[C@@H](CC(=O)Nc3ccc(OC)c(OC)c3)SC2=Nc2ccccc2)cc1OC. The number of nitrogens with zero attached hydrogens (tertiary/aromatic N) is 2. The summed E-state index contributed by atoms with van der Waals surface area (Å²) in [5, 5.41) is 2.74. The number of thioether (sulfide) groups is 1. The Hall–Kier alpha value is -4.18. The average Bonchev–Trinajstić information content (AvgIpc) is 3.21. The van der Waals surface area contributed by atoms with E-state index in [1.165, 1.54) is 18.9 Å². The van der Waals surface area contributed by atoms with Crippen LogP contribution in [0.2, 0.25) is 0 Å². The van der Waals surface area contributed by atoms with E-state index in [9.17, 15) is 9.59 Å². The van der Waals surface area contributed by atoms with Gasteiger partial charge in [0, 0.05) is 18.2 Å². The van der Waals surface area contributed by atoms with Gasteiger partial charge in [0.1, 0.15) is 5.25 Å². The summed E-state index contributed by atoms with van der Waals surface area (Å²) in [6.45, 7) is 0.269. The Kier molecular flexibility index (Phi) is 8.75. The van der Waals surface area contributed by atoms with Gasteiger partial charge in [-0.2, -0.15) is 0 Å². The van der Waals surface area contributed by atoms with E-state index in [4.69, 9.17) is 23.9 Å². The van der Waals surface area contributed by atoms with Crippen molar-refractivity contribution in [2.24, 2.45) is 4.99 Å². The summed E-state index contributed by atoms with van der Waals surface area (Å²) in [7, 11) is 6.20. The third-order valence-electron chi connectivity index (χ3n) is 5.83. The fourth-order valence-corrected chi connectivity index (χ4v) is 5.10. The van der Waals surface area contributed by atoms with Crippen molar-refractivity contribution in [3.8, 4) is 23.0 Å². The van der Waals surface area contributed by atoms with Crippen molar-refractivity contribution in [1.29, 1.82) is 0 Å². The Morgan fingerprint density at radius 1 is 0.868 bits per heavy atom. The van der Waals surface area contributed by atoms with Crippen LogP contribution < -0.4 is 24.3 Å². The van der Waals surface area contributed by atoms with Crippen LogP contribution in [0.15, 0.2) is 71.7 Å². The molecule has 1 aliphatic rings. The number of amidine groups is 1. The van der Waals surface area contributed by atoms with Crippen LogP contribution >= 0.6 is 11.8 Å². The van der Waals surface area contributed by atoms with Crippen LogP contribution in [-0.4, -0.2) is 55.6 Å². The average molecular weight is 536 g/mol. The summed E-state index contributed by atoms with van der Waals surface area (Å²) in [6, 6.07) is 20.0. The molecule has 0 aliphatic carbocycles. The molecule has 0 radical (unpaired) electrons. The number of anilines is 1. The van der Waals surface area contributed by atoms with Crippen molar-refractivity contribution in [3.05, 3.63) is 72.3 Å². The summed E-state index contributed by atoms with van der Waals surface area (Å²) in [5.74, 6) is 1.73. The molecular formula is C28H29N3O6S. The lowest BCUT2D eigenvalue weighted by molar-refractivity contribution is -0.128. The van der Waals surface area contributed by atoms with E-state index < -0.39 is 5.25 Å². The normalized spacial score (nSPS) is 15.9. The lowest BCUT2D eigenvalue weighted by Crippen LogP contribution is -2.33. The van der Waals surface area contributed by atoms with Gasteiger partial charge in [0.2, 0.25) is 11.8 Å². The Morgan fingerprint density at radius 3 is 2.16 bits per heavy atom. The van der Waals surface area contributed by atoms with Crippen LogP contribution in [0.5, 0.6) is 23.0 Å². The molecule has 0 spiro atoms. The third-order valence-corrected chi connectivity index (χ3v) is 7.00. The molecule has 38 heavy (non-hydrogen) atoms. The van der Waals surface area contributed by atoms with Gasteiger partial charge >= 0.3 is 0 Å². The van der Waals surface area contributed by atoms with Crippen LogP contribution in [-0.2, 0) is 16.1 Å². The molecule has 0 bridgehead atoms. The lowest BCUT2D eigenvalue weighted by Gasteiger charge is -2.18. The van der Waals surface area contributed by atoms with Gasteiger partial charge in [0.25, 0.3) is 0 Å². The zero-order valence-corrected chi connectivity index (χ0v) is 22.4. The molecular weight excluding hydrogens is 506 g/mol. The summed E-state index contributed by atoms with van der Waals surface area (Å²) >= 11 is 1.28. The van der Waals surface area contributed by atoms with Crippen molar-refractivity contribution in [2.75, 3.05) is 33.8 Å². The number of hydrogen-bond donors (Lipinski definition) is 1. The maximum Gasteiger partial charge on any atom is 0.242 e. The largest absolute Gasteiger partial charge is 0.493 e. The zero-order chi connectivity index (χ0) is 27.1. The van der Waals surface area contributed by atoms with E-state index in [1.807, 2.05) is 42.5 Å². The molecule has 0 aromatic heterocycles. The number of nitrogens with one attached hydrogen (secondary N) is 1. The summed E-state index contributed by atoms with van der Waals surface area (Å²) in [6.07, 6.45) is -0.0198. The van der Waals surface area contributed by atoms with Crippen molar-refractivity contribution >= 4 is 40.1 Å². The highest BCUT2D eigenvalue weighted by Gasteiger charge is 2.39. The van der Waals surface area contributed by atoms with Crippen LogP contribution in [0.1, 0.15) is 12.0 Å². The number of methoxy groups -OCH3 is 4. The first-order chi connectivity index (χ1) is 18.4. The van der Waals surface area contributed by atoms with Gasteiger partial charge in [-0.3, -0.25) is 14.5 Å². The number of carbonyl (C=O) groups is 2. The van der Waals surface area contributed by atoms with Crippen molar-refractivity contribution in [3.63, 3.8) is 0 Å². The van der Waals surface area contributed by atoms with Gasteiger partial charge in [-0.15, -0.1) is 0 Å².